The van der Waals surface area contributed by atoms with E-state index in [0.29, 0.717) is 41.7 Å². The minimum Gasteiger partial charge on any atom is -0.507 e. The predicted molar refractivity (Wildman–Crippen MR) is 104 cm³/mol. The summed E-state index contributed by atoms with van der Waals surface area (Å²) in [6.45, 7) is 0.933. The first kappa shape index (κ1) is 17.0. The standard InChI is InChI=1S/C20H14N4O5/c25-17-3-1-13(24(26)27)9-14(17)20-22-15-11-21-6-5-16(15)23(20)12-2-4-18-19(10-12)29-8-7-28-18/h1-6,9-11,25H,7-8H2. The molecule has 144 valence electrons. The molecule has 1 N–H and O–H groups in total. The van der Waals surface area contributed by atoms with Gasteiger partial charge in [-0.2, -0.15) is 0 Å². The second kappa shape index (κ2) is 6.48. The predicted octanol–water partition coefficient (Wildman–Crippen LogP) is 3.47. The van der Waals surface area contributed by atoms with E-state index in [4.69, 9.17) is 9.47 Å². The van der Waals surface area contributed by atoms with E-state index in [-0.39, 0.29) is 17.0 Å². The van der Waals surface area contributed by atoms with Gasteiger partial charge in [0.25, 0.3) is 5.69 Å². The van der Waals surface area contributed by atoms with Gasteiger partial charge in [-0.3, -0.25) is 19.7 Å². The number of hydrogen-bond acceptors (Lipinski definition) is 7. The molecule has 1 aliphatic rings. The molecule has 0 saturated carbocycles. The molecule has 0 bridgehead atoms. The van der Waals surface area contributed by atoms with Crippen LogP contribution in [0.2, 0.25) is 0 Å². The van der Waals surface area contributed by atoms with Gasteiger partial charge in [-0.1, -0.05) is 0 Å². The molecule has 29 heavy (non-hydrogen) atoms. The van der Waals surface area contributed by atoms with Crippen LogP contribution in [0.3, 0.4) is 0 Å². The van der Waals surface area contributed by atoms with Gasteiger partial charge in [0.2, 0.25) is 0 Å². The van der Waals surface area contributed by atoms with Crippen LogP contribution in [0.1, 0.15) is 0 Å². The second-order valence-corrected chi connectivity index (χ2v) is 6.42. The number of phenols is 1. The van der Waals surface area contributed by atoms with E-state index in [1.165, 1.54) is 18.2 Å². The monoisotopic (exact) mass is 390 g/mol. The van der Waals surface area contributed by atoms with Crippen molar-refractivity contribution < 1.29 is 19.5 Å². The number of pyridine rings is 1. The third kappa shape index (κ3) is 2.80. The highest BCUT2D eigenvalue weighted by Gasteiger charge is 2.21. The van der Waals surface area contributed by atoms with Crippen LogP contribution >= 0.6 is 0 Å². The lowest BCUT2D eigenvalue weighted by Crippen LogP contribution is -2.15. The molecule has 2 aromatic carbocycles. The number of phenolic OH excluding ortho intramolecular Hbond substituents is 1. The Morgan fingerprint density at radius 1 is 1.07 bits per heavy atom. The fourth-order valence-corrected chi connectivity index (χ4v) is 3.36. The first-order valence-electron chi connectivity index (χ1n) is 8.82. The van der Waals surface area contributed by atoms with E-state index in [1.807, 2.05) is 12.1 Å². The molecule has 0 unspecified atom stereocenters. The number of non-ortho nitro benzene ring substituents is 1. The summed E-state index contributed by atoms with van der Waals surface area (Å²) in [6.07, 6.45) is 3.23. The normalized spacial score (nSPS) is 12.8. The van der Waals surface area contributed by atoms with Crippen molar-refractivity contribution >= 4 is 16.7 Å². The Kier molecular flexibility index (Phi) is 3.80. The minimum atomic E-state index is -0.512. The van der Waals surface area contributed by atoms with Gasteiger partial charge in [-0.15, -0.1) is 0 Å². The van der Waals surface area contributed by atoms with Crippen molar-refractivity contribution in [3.05, 3.63) is 65.0 Å². The lowest BCUT2D eigenvalue weighted by molar-refractivity contribution is -0.384. The molecule has 2 aromatic heterocycles. The highest BCUT2D eigenvalue weighted by atomic mass is 16.6. The summed E-state index contributed by atoms with van der Waals surface area (Å²) in [5.41, 5.74) is 2.13. The zero-order valence-electron chi connectivity index (χ0n) is 15.0. The van der Waals surface area contributed by atoms with Crippen LogP contribution < -0.4 is 9.47 Å². The number of aromatic hydroxyl groups is 1. The summed E-state index contributed by atoms with van der Waals surface area (Å²) >= 11 is 0. The third-order valence-corrected chi connectivity index (χ3v) is 4.67. The van der Waals surface area contributed by atoms with Crippen molar-refractivity contribution in [3.63, 3.8) is 0 Å². The van der Waals surface area contributed by atoms with Crippen molar-refractivity contribution in [1.82, 2.24) is 14.5 Å². The molecule has 4 aromatic rings. The lowest BCUT2D eigenvalue weighted by Gasteiger charge is -2.19. The van der Waals surface area contributed by atoms with Crippen LogP contribution in [0.4, 0.5) is 5.69 Å². The molecule has 0 fully saturated rings. The minimum absolute atomic E-state index is 0.113. The molecule has 0 atom stereocenters. The van der Waals surface area contributed by atoms with Gasteiger partial charge < -0.3 is 14.6 Å². The van der Waals surface area contributed by atoms with Gasteiger partial charge in [0, 0.05) is 24.4 Å². The first-order chi connectivity index (χ1) is 14.1. The van der Waals surface area contributed by atoms with Crippen LogP contribution in [0, 0.1) is 10.1 Å². The fraction of sp³-hybridized carbons (Fsp3) is 0.100. The molecular weight excluding hydrogens is 376 g/mol. The molecule has 3 heterocycles. The fourth-order valence-electron chi connectivity index (χ4n) is 3.36. The molecule has 1 aliphatic heterocycles. The number of nitro benzene ring substituents is 1. The highest BCUT2D eigenvalue weighted by Crippen LogP contribution is 2.38. The van der Waals surface area contributed by atoms with Crippen LogP contribution in [0.25, 0.3) is 28.1 Å². The molecule has 9 nitrogen and oxygen atoms in total. The number of fused-ring (bicyclic) bond motifs is 2. The van der Waals surface area contributed by atoms with E-state index in [1.54, 1.807) is 29.1 Å². The third-order valence-electron chi connectivity index (χ3n) is 4.67. The summed E-state index contributed by atoms with van der Waals surface area (Å²) in [4.78, 5) is 19.4. The summed E-state index contributed by atoms with van der Waals surface area (Å²) < 4.78 is 13.1. The topological polar surface area (TPSA) is 113 Å². The lowest BCUT2D eigenvalue weighted by atomic mass is 10.1. The van der Waals surface area contributed by atoms with Crippen molar-refractivity contribution in [2.75, 3.05) is 13.2 Å². The number of rotatable bonds is 3. The average Bonchev–Trinajstić information content (AvgIpc) is 3.13. The van der Waals surface area contributed by atoms with Crippen LogP contribution in [-0.4, -0.2) is 37.8 Å². The Balaban J connectivity index is 1.78. The van der Waals surface area contributed by atoms with Crippen molar-refractivity contribution in [3.8, 4) is 34.3 Å². The van der Waals surface area contributed by atoms with Crippen molar-refractivity contribution in [1.29, 1.82) is 0 Å². The number of benzene rings is 2. The van der Waals surface area contributed by atoms with Crippen LogP contribution in [-0.2, 0) is 0 Å². The second-order valence-electron chi connectivity index (χ2n) is 6.42. The zero-order chi connectivity index (χ0) is 20.0. The van der Waals surface area contributed by atoms with E-state index in [9.17, 15) is 15.2 Å². The number of nitro groups is 1. The van der Waals surface area contributed by atoms with Gasteiger partial charge in [-0.05, 0) is 24.3 Å². The Hall–Kier alpha value is -4.14. The number of imidazole rings is 1. The smallest absolute Gasteiger partial charge is 0.270 e. The Labute approximate surface area is 163 Å². The number of ether oxygens (including phenoxy) is 2. The maximum atomic E-state index is 11.2. The summed E-state index contributed by atoms with van der Waals surface area (Å²) in [5, 5.41) is 21.7. The van der Waals surface area contributed by atoms with Crippen LogP contribution in [0.5, 0.6) is 17.2 Å². The molecule has 5 rings (SSSR count). The van der Waals surface area contributed by atoms with E-state index >= 15 is 0 Å². The molecule has 0 amide bonds. The SMILES string of the molecule is O=[N+]([O-])c1ccc(O)c(-c2nc3cnccc3n2-c2ccc3c(c2)OCCO3)c1. The maximum Gasteiger partial charge on any atom is 0.270 e. The summed E-state index contributed by atoms with van der Waals surface area (Å²) in [7, 11) is 0. The molecule has 0 saturated heterocycles. The number of hydrogen-bond donors (Lipinski definition) is 1. The number of aromatic nitrogens is 3. The molecule has 9 heteroatoms. The van der Waals surface area contributed by atoms with Gasteiger partial charge in [-0.25, -0.2) is 4.98 Å². The van der Waals surface area contributed by atoms with Gasteiger partial charge in [0.1, 0.15) is 30.3 Å². The van der Waals surface area contributed by atoms with Crippen LogP contribution in [0.15, 0.2) is 54.9 Å². The maximum absolute atomic E-state index is 11.2. The molecule has 0 spiro atoms. The quantitative estimate of drug-likeness (QED) is 0.421. The van der Waals surface area contributed by atoms with E-state index in [0.717, 1.165) is 5.52 Å². The summed E-state index contributed by atoms with van der Waals surface area (Å²) in [5.74, 6) is 1.48. The molecular formula is C20H14N4O5. The van der Waals surface area contributed by atoms with Crippen molar-refractivity contribution in [2.24, 2.45) is 0 Å². The van der Waals surface area contributed by atoms with E-state index in [2.05, 4.69) is 9.97 Å². The largest absolute Gasteiger partial charge is 0.507 e. The Morgan fingerprint density at radius 2 is 1.90 bits per heavy atom. The number of nitrogens with zero attached hydrogens (tertiary/aromatic N) is 4. The average molecular weight is 390 g/mol. The van der Waals surface area contributed by atoms with Gasteiger partial charge >= 0.3 is 0 Å². The van der Waals surface area contributed by atoms with E-state index < -0.39 is 4.92 Å². The van der Waals surface area contributed by atoms with Gasteiger partial charge in [0.15, 0.2) is 11.5 Å². The zero-order valence-corrected chi connectivity index (χ0v) is 15.0. The van der Waals surface area contributed by atoms with Gasteiger partial charge in [0.05, 0.1) is 27.9 Å². The summed E-state index contributed by atoms with van der Waals surface area (Å²) in [6, 6.07) is 11.1. The molecule has 0 radical (unpaired) electrons. The highest BCUT2D eigenvalue weighted by molar-refractivity contribution is 5.84. The molecule has 0 aliphatic carbocycles. The Morgan fingerprint density at radius 3 is 2.72 bits per heavy atom. The van der Waals surface area contributed by atoms with Crippen molar-refractivity contribution in [2.45, 2.75) is 0 Å². The Bertz CT molecular complexity index is 1270. The first-order valence-corrected chi connectivity index (χ1v) is 8.82.